The molecule has 1 rings (SSSR count). The molecule has 1 aromatic rings. The predicted molar refractivity (Wildman–Crippen MR) is 58.0 cm³/mol. The zero-order valence-electron chi connectivity index (χ0n) is 9.16. The van der Waals surface area contributed by atoms with Gasteiger partial charge in [0.15, 0.2) is 11.5 Å². The number of hydrogen-bond acceptors (Lipinski definition) is 4. The Kier molecular flexibility index (Phi) is 4.93. The number of methoxy groups -OCH3 is 1. The first-order valence-corrected chi connectivity index (χ1v) is 4.93. The number of benzene rings is 1. The third-order valence-electron chi connectivity index (χ3n) is 2.06. The summed E-state index contributed by atoms with van der Waals surface area (Å²) < 4.78 is 10.8. The van der Waals surface area contributed by atoms with Gasteiger partial charge in [-0.2, -0.15) is 0 Å². The first kappa shape index (κ1) is 11.8. The second kappa shape index (κ2) is 6.27. The molecule has 0 fully saturated rings. The average molecular weight is 211 g/mol. The van der Waals surface area contributed by atoms with E-state index in [1.165, 1.54) is 0 Å². The third kappa shape index (κ3) is 3.11. The molecule has 0 heterocycles. The van der Waals surface area contributed by atoms with Crippen LogP contribution in [0.15, 0.2) is 18.2 Å². The van der Waals surface area contributed by atoms with Crippen LogP contribution in [0.1, 0.15) is 12.5 Å². The highest BCUT2D eigenvalue weighted by atomic mass is 16.6. The van der Waals surface area contributed by atoms with Crippen LogP contribution in [0, 0.1) is 0 Å². The van der Waals surface area contributed by atoms with Gasteiger partial charge in [-0.1, -0.05) is 12.1 Å². The third-order valence-corrected chi connectivity index (χ3v) is 2.06. The topological polar surface area (TPSA) is 53.7 Å². The fourth-order valence-corrected chi connectivity index (χ4v) is 1.40. The van der Waals surface area contributed by atoms with Crippen molar-refractivity contribution in [3.63, 3.8) is 0 Å². The van der Waals surface area contributed by atoms with Crippen LogP contribution < -0.4 is 15.4 Å². The molecule has 4 nitrogen and oxygen atoms in total. The summed E-state index contributed by atoms with van der Waals surface area (Å²) in [7, 11) is 1.63. The number of rotatable bonds is 6. The van der Waals surface area contributed by atoms with E-state index in [0.717, 1.165) is 17.1 Å². The van der Waals surface area contributed by atoms with Crippen LogP contribution in [0.5, 0.6) is 11.5 Å². The summed E-state index contributed by atoms with van der Waals surface area (Å²) in [5.41, 5.74) is 1.04. The SMILES string of the molecule is CCOc1c(CCON)cccc1OC. The van der Waals surface area contributed by atoms with Gasteiger partial charge < -0.3 is 14.3 Å². The van der Waals surface area contributed by atoms with Crippen LogP contribution in [-0.4, -0.2) is 20.3 Å². The molecule has 0 bridgehead atoms. The minimum absolute atomic E-state index is 0.466. The van der Waals surface area contributed by atoms with Gasteiger partial charge in [0.05, 0.1) is 20.3 Å². The highest BCUT2D eigenvalue weighted by Crippen LogP contribution is 2.31. The van der Waals surface area contributed by atoms with Crippen molar-refractivity contribution < 1.29 is 14.3 Å². The highest BCUT2D eigenvalue weighted by Gasteiger charge is 2.09. The molecule has 1 aromatic carbocycles. The summed E-state index contributed by atoms with van der Waals surface area (Å²) in [5.74, 6) is 6.52. The second-order valence-electron chi connectivity index (χ2n) is 3.00. The van der Waals surface area contributed by atoms with E-state index in [2.05, 4.69) is 4.84 Å². The van der Waals surface area contributed by atoms with E-state index in [1.807, 2.05) is 25.1 Å². The molecule has 0 radical (unpaired) electrons. The van der Waals surface area contributed by atoms with Crippen molar-refractivity contribution in [3.8, 4) is 11.5 Å². The van der Waals surface area contributed by atoms with E-state index in [1.54, 1.807) is 7.11 Å². The lowest BCUT2D eigenvalue weighted by Crippen LogP contribution is -2.06. The van der Waals surface area contributed by atoms with E-state index in [4.69, 9.17) is 15.4 Å². The normalized spacial score (nSPS) is 10.1. The second-order valence-corrected chi connectivity index (χ2v) is 3.00. The molecule has 15 heavy (non-hydrogen) atoms. The van der Waals surface area contributed by atoms with Gasteiger partial charge in [0.25, 0.3) is 0 Å². The summed E-state index contributed by atoms with van der Waals surface area (Å²) in [6, 6.07) is 5.78. The summed E-state index contributed by atoms with van der Waals surface area (Å²) in [4.78, 5) is 4.56. The standard InChI is InChI=1S/C11H17NO3/c1-3-14-11-9(7-8-15-12)5-4-6-10(11)13-2/h4-6H,3,7-8,12H2,1-2H3. The number of nitrogens with two attached hydrogens (primary N) is 1. The number of ether oxygens (including phenoxy) is 2. The van der Waals surface area contributed by atoms with Crippen LogP contribution in [0.3, 0.4) is 0 Å². The Balaban J connectivity index is 2.90. The molecular weight excluding hydrogens is 194 g/mol. The molecule has 4 heteroatoms. The Bertz CT molecular complexity index is 302. The van der Waals surface area contributed by atoms with E-state index in [9.17, 15) is 0 Å². The van der Waals surface area contributed by atoms with Crippen molar-refractivity contribution in [2.75, 3.05) is 20.3 Å². The molecule has 0 amide bonds. The van der Waals surface area contributed by atoms with Gasteiger partial charge in [0, 0.05) is 12.0 Å². The van der Waals surface area contributed by atoms with Crippen molar-refractivity contribution in [1.29, 1.82) is 0 Å². The number of hydrogen-bond donors (Lipinski definition) is 1. The van der Waals surface area contributed by atoms with Gasteiger partial charge >= 0.3 is 0 Å². The lowest BCUT2D eigenvalue weighted by Gasteiger charge is -2.13. The lowest BCUT2D eigenvalue weighted by atomic mass is 10.1. The van der Waals surface area contributed by atoms with E-state index in [0.29, 0.717) is 19.6 Å². The molecule has 0 aliphatic carbocycles. The Labute approximate surface area is 89.9 Å². The molecule has 0 aromatic heterocycles. The highest BCUT2D eigenvalue weighted by molar-refractivity contribution is 5.46. The molecule has 0 spiro atoms. The Morgan fingerprint density at radius 2 is 2.13 bits per heavy atom. The van der Waals surface area contributed by atoms with Gasteiger partial charge in [-0.25, -0.2) is 5.90 Å². The van der Waals surface area contributed by atoms with Gasteiger partial charge in [-0.15, -0.1) is 0 Å². The molecule has 0 saturated heterocycles. The summed E-state index contributed by atoms with van der Waals surface area (Å²) in [6.07, 6.45) is 0.711. The summed E-state index contributed by atoms with van der Waals surface area (Å²) in [6.45, 7) is 3.01. The van der Waals surface area contributed by atoms with E-state index < -0.39 is 0 Å². The molecule has 0 aliphatic heterocycles. The van der Waals surface area contributed by atoms with Crippen LogP contribution in [-0.2, 0) is 11.3 Å². The van der Waals surface area contributed by atoms with E-state index in [-0.39, 0.29) is 0 Å². The molecule has 0 atom stereocenters. The van der Waals surface area contributed by atoms with E-state index >= 15 is 0 Å². The molecule has 2 N–H and O–H groups in total. The Hall–Kier alpha value is -1.26. The minimum Gasteiger partial charge on any atom is -0.493 e. The van der Waals surface area contributed by atoms with Crippen molar-refractivity contribution in [2.24, 2.45) is 5.90 Å². The Morgan fingerprint density at radius 3 is 2.73 bits per heavy atom. The lowest BCUT2D eigenvalue weighted by molar-refractivity contribution is 0.140. The molecule has 84 valence electrons. The Morgan fingerprint density at radius 1 is 1.33 bits per heavy atom. The smallest absolute Gasteiger partial charge is 0.164 e. The number of para-hydroxylation sites is 1. The maximum Gasteiger partial charge on any atom is 0.164 e. The van der Waals surface area contributed by atoms with Crippen molar-refractivity contribution >= 4 is 0 Å². The fourth-order valence-electron chi connectivity index (χ4n) is 1.40. The van der Waals surface area contributed by atoms with Crippen molar-refractivity contribution in [1.82, 2.24) is 0 Å². The first-order chi connectivity index (χ1) is 7.33. The first-order valence-electron chi connectivity index (χ1n) is 4.93. The summed E-state index contributed by atoms with van der Waals surface area (Å²) >= 11 is 0. The van der Waals surface area contributed by atoms with Gasteiger partial charge in [0.1, 0.15) is 0 Å². The summed E-state index contributed by atoms with van der Waals surface area (Å²) in [5, 5.41) is 0. The minimum atomic E-state index is 0.466. The van der Waals surface area contributed by atoms with Crippen molar-refractivity contribution in [3.05, 3.63) is 23.8 Å². The maximum atomic E-state index is 5.53. The fraction of sp³-hybridized carbons (Fsp3) is 0.455. The quantitative estimate of drug-likeness (QED) is 0.725. The molecule has 0 saturated carbocycles. The zero-order valence-corrected chi connectivity index (χ0v) is 9.16. The van der Waals surface area contributed by atoms with Crippen LogP contribution >= 0.6 is 0 Å². The van der Waals surface area contributed by atoms with Crippen molar-refractivity contribution in [2.45, 2.75) is 13.3 Å². The molecule has 0 aliphatic rings. The van der Waals surface area contributed by atoms with Gasteiger partial charge in [0.2, 0.25) is 0 Å². The van der Waals surface area contributed by atoms with Gasteiger partial charge in [-0.05, 0) is 13.0 Å². The monoisotopic (exact) mass is 211 g/mol. The average Bonchev–Trinajstić information content (AvgIpc) is 2.28. The zero-order chi connectivity index (χ0) is 11.1. The predicted octanol–water partition coefficient (Wildman–Crippen LogP) is 1.53. The molecular formula is C11H17NO3. The maximum absolute atomic E-state index is 5.53. The van der Waals surface area contributed by atoms with Crippen LogP contribution in [0.2, 0.25) is 0 Å². The van der Waals surface area contributed by atoms with Crippen LogP contribution in [0.25, 0.3) is 0 Å². The van der Waals surface area contributed by atoms with Gasteiger partial charge in [-0.3, -0.25) is 0 Å². The molecule has 0 unspecified atom stereocenters. The largest absolute Gasteiger partial charge is 0.493 e. The van der Waals surface area contributed by atoms with Crippen LogP contribution in [0.4, 0.5) is 0 Å².